The summed E-state index contributed by atoms with van der Waals surface area (Å²) in [5, 5.41) is 4.91. The van der Waals surface area contributed by atoms with Crippen molar-refractivity contribution in [2.45, 2.75) is 37.8 Å². The van der Waals surface area contributed by atoms with Crippen LogP contribution in [0.4, 0.5) is 5.69 Å². The van der Waals surface area contributed by atoms with E-state index in [0.717, 1.165) is 37.9 Å². The molecule has 0 spiro atoms. The van der Waals surface area contributed by atoms with E-state index in [0.29, 0.717) is 19.7 Å². The average molecular weight is 429 g/mol. The Labute approximate surface area is 179 Å². The quantitative estimate of drug-likeness (QED) is 0.561. The van der Waals surface area contributed by atoms with Gasteiger partial charge in [0.15, 0.2) is 6.23 Å². The van der Waals surface area contributed by atoms with Gasteiger partial charge in [0.1, 0.15) is 5.01 Å². The van der Waals surface area contributed by atoms with Gasteiger partial charge in [0.05, 0.1) is 35.1 Å². The number of ether oxygens (including phenoxy) is 1. The fraction of sp³-hybridized carbons (Fsp3) is 0.400. The molecule has 3 heterocycles. The van der Waals surface area contributed by atoms with Gasteiger partial charge in [-0.25, -0.2) is 9.98 Å². The first-order valence-electron chi connectivity index (χ1n) is 9.66. The second kappa shape index (κ2) is 9.51. The Balaban J connectivity index is 1.33. The maximum Gasteiger partial charge on any atom is 0.168 e. The molecular formula is C20H24N6OS2. The Hall–Kier alpha value is -2.23. The van der Waals surface area contributed by atoms with Gasteiger partial charge in [0.2, 0.25) is 0 Å². The molecule has 0 radical (unpaired) electrons. The summed E-state index contributed by atoms with van der Waals surface area (Å²) in [6.07, 6.45) is 7.81. The molecule has 1 fully saturated rings. The van der Waals surface area contributed by atoms with Gasteiger partial charge in [0, 0.05) is 36.2 Å². The lowest BCUT2D eigenvalue weighted by molar-refractivity contribution is 0.0757. The van der Waals surface area contributed by atoms with Crippen molar-refractivity contribution in [1.29, 1.82) is 0 Å². The second-order valence-electron chi connectivity index (χ2n) is 6.74. The van der Waals surface area contributed by atoms with Crippen molar-refractivity contribution in [1.82, 2.24) is 15.3 Å². The minimum atomic E-state index is -0.211. The number of aliphatic imine (C=N–C) groups is 2. The van der Waals surface area contributed by atoms with E-state index in [1.54, 1.807) is 18.2 Å². The SMILES string of the molecule is C=C(NCc1cc(NSC2CC2)ccn1)c1ncc(C2=NC(OCC)CN=C2)s1. The smallest absolute Gasteiger partial charge is 0.168 e. The highest BCUT2D eigenvalue weighted by atomic mass is 32.2. The molecule has 1 atom stereocenters. The van der Waals surface area contributed by atoms with E-state index < -0.39 is 0 Å². The Morgan fingerprint density at radius 1 is 1.38 bits per heavy atom. The number of pyridine rings is 1. The van der Waals surface area contributed by atoms with Gasteiger partial charge in [-0.1, -0.05) is 6.58 Å². The van der Waals surface area contributed by atoms with Gasteiger partial charge in [-0.15, -0.1) is 11.3 Å². The number of aromatic nitrogens is 2. The Morgan fingerprint density at radius 2 is 2.28 bits per heavy atom. The summed E-state index contributed by atoms with van der Waals surface area (Å²) in [6.45, 7) is 7.86. The van der Waals surface area contributed by atoms with Crippen LogP contribution < -0.4 is 10.0 Å². The minimum Gasteiger partial charge on any atom is -0.377 e. The molecule has 7 nitrogen and oxygen atoms in total. The molecule has 9 heteroatoms. The molecule has 4 rings (SSSR count). The number of nitrogens with zero attached hydrogens (tertiary/aromatic N) is 4. The zero-order valence-electron chi connectivity index (χ0n) is 16.3. The number of hydrogen-bond acceptors (Lipinski definition) is 9. The summed E-state index contributed by atoms with van der Waals surface area (Å²) in [4.78, 5) is 18.8. The average Bonchev–Trinajstić information content (AvgIpc) is 3.45. The molecule has 2 aliphatic rings. The first-order valence-corrected chi connectivity index (χ1v) is 11.4. The molecule has 0 aromatic carbocycles. The monoisotopic (exact) mass is 428 g/mol. The summed E-state index contributed by atoms with van der Waals surface area (Å²) in [5.74, 6) is 0. The van der Waals surface area contributed by atoms with Crippen molar-refractivity contribution in [2.75, 3.05) is 17.9 Å². The van der Waals surface area contributed by atoms with Crippen LogP contribution in [-0.2, 0) is 11.3 Å². The highest BCUT2D eigenvalue weighted by molar-refractivity contribution is 8.01. The molecule has 1 aliphatic carbocycles. The zero-order valence-corrected chi connectivity index (χ0v) is 17.9. The van der Waals surface area contributed by atoms with Crippen LogP contribution in [0.2, 0.25) is 0 Å². The van der Waals surface area contributed by atoms with Crippen molar-refractivity contribution < 1.29 is 4.74 Å². The van der Waals surface area contributed by atoms with E-state index in [-0.39, 0.29) is 6.23 Å². The molecule has 1 saturated carbocycles. The molecule has 0 saturated heterocycles. The van der Waals surface area contributed by atoms with Crippen LogP contribution in [-0.4, -0.2) is 46.5 Å². The molecule has 2 N–H and O–H groups in total. The van der Waals surface area contributed by atoms with Crippen LogP contribution in [0, 0.1) is 0 Å². The third-order valence-corrected chi connectivity index (χ3v) is 6.54. The largest absolute Gasteiger partial charge is 0.377 e. The molecule has 2 aromatic heterocycles. The standard InChI is InChI=1S/C20H24N6OS2/c1-3-27-19-12-21-10-17(25-19)18-11-24-20(28-18)13(2)23-9-15-8-14(6-7-22-15)26-29-16-4-5-16/h6-8,10-11,16,19,23H,2-5,9,12H2,1H3,(H,22,26). The zero-order chi connectivity index (χ0) is 20.1. The molecule has 152 valence electrons. The van der Waals surface area contributed by atoms with Gasteiger partial charge < -0.3 is 14.8 Å². The van der Waals surface area contributed by atoms with Gasteiger partial charge in [-0.05, 0) is 43.8 Å². The van der Waals surface area contributed by atoms with Gasteiger partial charge in [-0.3, -0.25) is 9.98 Å². The number of nitrogens with one attached hydrogen (secondary N) is 2. The normalized spacial score (nSPS) is 18.4. The highest BCUT2D eigenvalue weighted by Gasteiger charge is 2.22. The summed E-state index contributed by atoms with van der Waals surface area (Å²) < 4.78 is 8.96. The summed E-state index contributed by atoms with van der Waals surface area (Å²) >= 11 is 3.33. The first kappa shape index (κ1) is 20.1. The molecule has 29 heavy (non-hydrogen) atoms. The fourth-order valence-corrected chi connectivity index (χ4v) is 4.27. The fourth-order valence-electron chi connectivity index (χ4n) is 2.65. The van der Waals surface area contributed by atoms with Crippen molar-refractivity contribution in [3.63, 3.8) is 0 Å². The lowest BCUT2D eigenvalue weighted by Crippen LogP contribution is -2.21. The van der Waals surface area contributed by atoms with Crippen LogP contribution in [0.15, 0.2) is 41.1 Å². The lowest BCUT2D eigenvalue weighted by Gasteiger charge is -2.14. The topological polar surface area (TPSA) is 83.8 Å². The van der Waals surface area contributed by atoms with E-state index in [4.69, 9.17) is 4.74 Å². The Kier molecular flexibility index (Phi) is 6.58. The van der Waals surface area contributed by atoms with E-state index in [1.807, 2.05) is 25.4 Å². The number of anilines is 1. The summed E-state index contributed by atoms with van der Waals surface area (Å²) in [6, 6.07) is 4.05. The van der Waals surface area contributed by atoms with Crippen LogP contribution in [0.3, 0.4) is 0 Å². The van der Waals surface area contributed by atoms with Gasteiger partial charge in [0.25, 0.3) is 0 Å². The van der Waals surface area contributed by atoms with Gasteiger partial charge >= 0.3 is 0 Å². The third kappa shape index (κ3) is 5.65. The predicted molar refractivity (Wildman–Crippen MR) is 122 cm³/mol. The number of hydrogen-bond donors (Lipinski definition) is 2. The first-order chi connectivity index (χ1) is 14.2. The van der Waals surface area contributed by atoms with Crippen molar-refractivity contribution in [3.05, 3.63) is 46.7 Å². The number of thiazole rings is 1. The second-order valence-corrected chi connectivity index (χ2v) is 8.87. The summed E-state index contributed by atoms with van der Waals surface area (Å²) in [5.41, 5.74) is 3.60. The maximum atomic E-state index is 5.56. The molecule has 1 aliphatic heterocycles. The third-order valence-electron chi connectivity index (χ3n) is 4.30. The number of rotatable bonds is 10. The maximum absolute atomic E-state index is 5.56. The van der Waals surface area contributed by atoms with E-state index >= 15 is 0 Å². The van der Waals surface area contributed by atoms with Gasteiger partial charge in [-0.2, -0.15) is 0 Å². The van der Waals surface area contributed by atoms with Crippen molar-refractivity contribution in [2.24, 2.45) is 9.98 Å². The molecule has 2 aromatic rings. The van der Waals surface area contributed by atoms with E-state index in [1.165, 1.54) is 24.2 Å². The van der Waals surface area contributed by atoms with Crippen LogP contribution >= 0.6 is 23.3 Å². The van der Waals surface area contributed by atoms with Crippen LogP contribution in [0.1, 0.15) is 35.3 Å². The van der Waals surface area contributed by atoms with Crippen molar-refractivity contribution >= 4 is 46.6 Å². The molecule has 1 unspecified atom stereocenters. The summed E-state index contributed by atoms with van der Waals surface area (Å²) in [7, 11) is 0. The van der Waals surface area contributed by atoms with E-state index in [2.05, 4.69) is 42.6 Å². The molecule has 0 bridgehead atoms. The lowest BCUT2D eigenvalue weighted by atomic mass is 10.3. The molecule has 0 amide bonds. The molecular weight excluding hydrogens is 404 g/mol. The Bertz CT molecular complexity index is 921. The van der Waals surface area contributed by atoms with E-state index in [9.17, 15) is 0 Å². The highest BCUT2D eigenvalue weighted by Crippen LogP contribution is 2.34. The Morgan fingerprint density at radius 3 is 3.10 bits per heavy atom. The van der Waals surface area contributed by atoms with Crippen molar-refractivity contribution in [3.8, 4) is 0 Å². The predicted octanol–water partition coefficient (Wildman–Crippen LogP) is 3.76. The van der Waals surface area contributed by atoms with Crippen LogP contribution in [0.5, 0.6) is 0 Å². The van der Waals surface area contributed by atoms with Crippen LogP contribution in [0.25, 0.3) is 5.70 Å². The minimum absolute atomic E-state index is 0.211.